The summed E-state index contributed by atoms with van der Waals surface area (Å²) in [6.07, 6.45) is 5.84. The molecular formula is C33H40F6O. The minimum atomic E-state index is -4.31. The molecule has 0 bridgehead atoms. The summed E-state index contributed by atoms with van der Waals surface area (Å²) < 4.78 is 87.8. The van der Waals surface area contributed by atoms with Gasteiger partial charge in [-0.2, -0.15) is 22.0 Å². The van der Waals surface area contributed by atoms with Crippen LogP contribution in [0.5, 0.6) is 0 Å². The first-order valence-electron chi connectivity index (χ1n) is 14.7. The molecule has 0 atom stereocenters. The van der Waals surface area contributed by atoms with Gasteiger partial charge in [-0.15, -0.1) is 0 Å². The fraction of sp³-hybridized carbons (Fsp3) is 0.576. The smallest absolute Gasteiger partial charge is 0.313 e. The molecule has 0 aliphatic heterocycles. The van der Waals surface area contributed by atoms with Crippen molar-refractivity contribution < 1.29 is 31.1 Å². The minimum Gasteiger partial charge on any atom is -0.313 e. The SMILES string of the molecule is CCCCCc1ccc(C(F)(F)OC2CCC(/C=C/C3CCC(c4ccc(C(F)(F)F)cc4)CC3)CC2)c(F)c1. The van der Waals surface area contributed by atoms with Crippen molar-refractivity contribution >= 4 is 0 Å². The first-order valence-corrected chi connectivity index (χ1v) is 14.7. The second kappa shape index (κ2) is 13.6. The summed E-state index contributed by atoms with van der Waals surface area (Å²) in [6, 6.07) is 9.48. The predicted octanol–water partition coefficient (Wildman–Crippen LogP) is 10.7. The summed E-state index contributed by atoms with van der Waals surface area (Å²) in [5.74, 6) is 0.101. The highest BCUT2D eigenvalue weighted by Gasteiger charge is 2.39. The molecular weight excluding hydrogens is 526 g/mol. The van der Waals surface area contributed by atoms with Crippen LogP contribution in [0.3, 0.4) is 0 Å². The quantitative estimate of drug-likeness (QED) is 0.158. The van der Waals surface area contributed by atoms with Crippen molar-refractivity contribution in [3.63, 3.8) is 0 Å². The van der Waals surface area contributed by atoms with Gasteiger partial charge in [-0.25, -0.2) is 4.39 Å². The largest absolute Gasteiger partial charge is 0.416 e. The zero-order chi connectivity index (χ0) is 28.8. The lowest BCUT2D eigenvalue weighted by molar-refractivity contribution is -0.279. The van der Waals surface area contributed by atoms with Crippen LogP contribution in [0, 0.1) is 17.7 Å². The van der Waals surface area contributed by atoms with Crippen LogP contribution in [0.2, 0.25) is 0 Å². The van der Waals surface area contributed by atoms with Crippen LogP contribution in [0.1, 0.15) is 106 Å². The Morgan fingerprint density at radius 1 is 0.775 bits per heavy atom. The molecule has 0 saturated heterocycles. The third kappa shape index (κ3) is 8.37. The number of ether oxygens (including phenoxy) is 1. The van der Waals surface area contributed by atoms with E-state index in [-0.39, 0.29) is 5.92 Å². The Kier molecular flexibility index (Phi) is 10.4. The van der Waals surface area contributed by atoms with Gasteiger partial charge in [-0.3, -0.25) is 0 Å². The Morgan fingerprint density at radius 2 is 1.38 bits per heavy atom. The summed E-state index contributed by atoms with van der Waals surface area (Å²) in [5.41, 5.74) is 0.385. The van der Waals surface area contributed by atoms with Crippen LogP contribution in [-0.4, -0.2) is 6.10 Å². The van der Waals surface area contributed by atoms with Crippen molar-refractivity contribution in [3.8, 4) is 0 Å². The number of allylic oxidation sites excluding steroid dienone is 2. The van der Waals surface area contributed by atoms with Crippen molar-refractivity contribution in [2.75, 3.05) is 0 Å². The average molecular weight is 567 g/mol. The van der Waals surface area contributed by atoms with Crippen molar-refractivity contribution in [2.45, 2.75) is 108 Å². The second-order valence-electron chi connectivity index (χ2n) is 11.6. The molecule has 0 unspecified atom stereocenters. The molecule has 40 heavy (non-hydrogen) atoms. The van der Waals surface area contributed by atoms with Gasteiger partial charge in [0.05, 0.1) is 17.2 Å². The molecule has 2 aliphatic carbocycles. The molecule has 0 N–H and O–H groups in total. The zero-order valence-corrected chi connectivity index (χ0v) is 23.2. The van der Waals surface area contributed by atoms with E-state index in [1.54, 1.807) is 18.2 Å². The maximum Gasteiger partial charge on any atom is 0.416 e. The van der Waals surface area contributed by atoms with Crippen LogP contribution in [0.25, 0.3) is 0 Å². The molecule has 1 nitrogen and oxygen atoms in total. The first-order chi connectivity index (χ1) is 19.0. The van der Waals surface area contributed by atoms with Crippen LogP contribution >= 0.6 is 0 Å². The van der Waals surface area contributed by atoms with Crippen molar-refractivity contribution in [1.82, 2.24) is 0 Å². The number of hydrogen-bond acceptors (Lipinski definition) is 1. The number of rotatable bonds is 10. The molecule has 2 saturated carbocycles. The number of alkyl halides is 5. The maximum absolute atomic E-state index is 14.8. The van der Waals surface area contributed by atoms with Gasteiger partial charge in [-0.05, 0) is 117 Å². The van der Waals surface area contributed by atoms with E-state index in [1.165, 1.54) is 18.2 Å². The van der Waals surface area contributed by atoms with Gasteiger partial charge in [0.1, 0.15) is 5.82 Å². The van der Waals surface area contributed by atoms with Crippen LogP contribution in [0.4, 0.5) is 26.3 Å². The van der Waals surface area contributed by atoms with E-state index in [0.717, 1.165) is 75.0 Å². The molecule has 2 aromatic rings. The highest BCUT2D eigenvalue weighted by molar-refractivity contribution is 5.28. The first kappa shape index (κ1) is 30.7. The molecule has 7 heteroatoms. The number of hydrogen-bond donors (Lipinski definition) is 0. The molecule has 0 aromatic heterocycles. The van der Waals surface area contributed by atoms with E-state index in [0.29, 0.717) is 31.1 Å². The molecule has 2 fully saturated rings. The highest BCUT2D eigenvalue weighted by Crippen LogP contribution is 2.40. The second-order valence-corrected chi connectivity index (χ2v) is 11.6. The lowest BCUT2D eigenvalue weighted by Gasteiger charge is -2.31. The van der Waals surface area contributed by atoms with E-state index in [2.05, 4.69) is 19.1 Å². The topological polar surface area (TPSA) is 9.23 Å². The third-order valence-corrected chi connectivity index (χ3v) is 8.59. The Balaban J connectivity index is 1.20. The summed E-state index contributed by atoms with van der Waals surface area (Å²) >= 11 is 0. The van der Waals surface area contributed by atoms with E-state index < -0.39 is 35.3 Å². The zero-order valence-electron chi connectivity index (χ0n) is 23.2. The molecule has 0 radical (unpaired) electrons. The van der Waals surface area contributed by atoms with Gasteiger partial charge in [0.25, 0.3) is 0 Å². The van der Waals surface area contributed by atoms with Gasteiger partial charge < -0.3 is 4.74 Å². The Morgan fingerprint density at radius 3 is 1.93 bits per heavy atom. The van der Waals surface area contributed by atoms with E-state index in [9.17, 15) is 26.3 Å². The third-order valence-electron chi connectivity index (χ3n) is 8.59. The molecule has 4 rings (SSSR count). The number of unbranched alkanes of at least 4 members (excludes halogenated alkanes) is 2. The van der Waals surface area contributed by atoms with Crippen molar-refractivity contribution in [2.24, 2.45) is 11.8 Å². The van der Waals surface area contributed by atoms with Gasteiger partial charge in [0.2, 0.25) is 0 Å². The standard InChI is InChI=1S/C33H40F6O/c1-2-3-4-5-25-12-21-30(31(34)22-25)33(38,39)40-29-19-10-24(11-20-29)7-6-23-8-13-26(14-9-23)27-15-17-28(18-16-27)32(35,36)37/h6-7,12,15-18,21-24,26,29H,2-5,8-11,13-14,19-20H2,1H3/b7-6+. The van der Waals surface area contributed by atoms with Gasteiger partial charge in [-0.1, -0.05) is 50.1 Å². The number of halogens is 6. The molecule has 2 aromatic carbocycles. The van der Waals surface area contributed by atoms with E-state index in [4.69, 9.17) is 4.74 Å². The molecule has 0 amide bonds. The summed E-state index contributed by atoms with van der Waals surface area (Å²) in [7, 11) is 0. The Labute approximate surface area is 234 Å². The lowest BCUT2D eigenvalue weighted by Crippen LogP contribution is -2.30. The average Bonchev–Trinajstić information content (AvgIpc) is 2.92. The number of aryl methyl sites for hydroxylation is 1. The predicted molar refractivity (Wildman–Crippen MR) is 146 cm³/mol. The monoisotopic (exact) mass is 566 g/mol. The van der Waals surface area contributed by atoms with Crippen molar-refractivity contribution in [1.29, 1.82) is 0 Å². The minimum absolute atomic E-state index is 0.281. The fourth-order valence-electron chi connectivity index (χ4n) is 6.10. The summed E-state index contributed by atoms with van der Waals surface area (Å²) in [5, 5.41) is 0. The van der Waals surface area contributed by atoms with E-state index >= 15 is 0 Å². The molecule has 2 aliphatic rings. The van der Waals surface area contributed by atoms with Crippen LogP contribution in [-0.2, 0) is 23.4 Å². The maximum atomic E-state index is 14.8. The van der Waals surface area contributed by atoms with Crippen LogP contribution in [0.15, 0.2) is 54.6 Å². The highest BCUT2D eigenvalue weighted by atomic mass is 19.4. The fourth-order valence-corrected chi connectivity index (χ4v) is 6.10. The Hall–Kier alpha value is -2.28. The molecule has 220 valence electrons. The van der Waals surface area contributed by atoms with Crippen molar-refractivity contribution in [3.05, 3.63) is 82.7 Å². The van der Waals surface area contributed by atoms with Gasteiger partial charge in [0, 0.05) is 0 Å². The Bertz CT molecular complexity index is 1090. The molecule has 0 heterocycles. The number of benzene rings is 2. The van der Waals surface area contributed by atoms with Gasteiger partial charge >= 0.3 is 12.3 Å². The normalized spacial score (nSPS) is 24.5. The molecule has 0 spiro atoms. The van der Waals surface area contributed by atoms with Gasteiger partial charge in [0.15, 0.2) is 0 Å². The van der Waals surface area contributed by atoms with Crippen LogP contribution < -0.4 is 0 Å². The van der Waals surface area contributed by atoms with E-state index in [1.807, 2.05) is 0 Å². The lowest BCUT2D eigenvalue weighted by atomic mass is 9.77. The summed E-state index contributed by atoms with van der Waals surface area (Å²) in [4.78, 5) is 0. The summed E-state index contributed by atoms with van der Waals surface area (Å²) in [6.45, 7) is 2.08.